The van der Waals surface area contributed by atoms with Crippen LogP contribution in [0.1, 0.15) is 29.6 Å². The molecule has 1 amide bonds. The molecule has 0 bridgehead atoms. The Labute approximate surface area is 153 Å². The van der Waals surface area contributed by atoms with E-state index in [1.807, 2.05) is 11.0 Å². The van der Waals surface area contributed by atoms with E-state index in [4.69, 9.17) is 15.2 Å². The molecule has 0 atom stereocenters. The van der Waals surface area contributed by atoms with Crippen LogP contribution >= 0.6 is 0 Å². The number of aromatic nitrogens is 2. The second-order valence-electron chi connectivity index (χ2n) is 6.18. The summed E-state index contributed by atoms with van der Waals surface area (Å²) in [7, 11) is 0. The van der Waals surface area contributed by atoms with Gasteiger partial charge >= 0.3 is 0 Å². The van der Waals surface area contributed by atoms with Crippen molar-refractivity contribution >= 4 is 5.91 Å². The van der Waals surface area contributed by atoms with E-state index in [0.717, 1.165) is 19.3 Å². The fourth-order valence-corrected chi connectivity index (χ4v) is 2.89. The monoisotopic (exact) mass is 356 g/mol. The highest BCUT2D eigenvalue weighted by atomic mass is 16.5. The van der Waals surface area contributed by atoms with Crippen LogP contribution in [0.3, 0.4) is 0 Å². The zero-order valence-electron chi connectivity index (χ0n) is 14.7. The maximum atomic E-state index is 12.8. The summed E-state index contributed by atoms with van der Waals surface area (Å²) in [5.41, 5.74) is 6.09. The van der Waals surface area contributed by atoms with Gasteiger partial charge in [0.05, 0.1) is 12.3 Å². The van der Waals surface area contributed by atoms with Crippen molar-refractivity contribution in [2.75, 3.05) is 26.2 Å². The summed E-state index contributed by atoms with van der Waals surface area (Å²) in [5, 5.41) is 0. The number of likely N-dealkylation sites (tertiary alicyclic amines) is 1. The second kappa shape index (κ2) is 9.26. The van der Waals surface area contributed by atoms with Gasteiger partial charge < -0.3 is 20.1 Å². The molecule has 1 fully saturated rings. The number of hydrogen-bond acceptors (Lipinski definition) is 6. The minimum atomic E-state index is 0.00926. The molecule has 3 rings (SSSR count). The van der Waals surface area contributed by atoms with Gasteiger partial charge in [-0.05, 0) is 44.0 Å². The van der Waals surface area contributed by atoms with Crippen molar-refractivity contribution in [2.45, 2.75) is 25.4 Å². The number of piperidine rings is 1. The van der Waals surface area contributed by atoms with Crippen LogP contribution in [0.4, 0.5) is 0 Å². The Bertz CT molecular complexity index is 703. The molecule has 0 saturated carbocycles. The van der Waals surface area contributed by atoms with E-state index >= 15 is 0 Å². The number of carbonyl (C=O) groups is 1. The van der Waals surface area contributed by atoms with Crippen molar-refractivity contribution < 1.29 is 14.3 Å². The molecular weight excluding hydrogens is 332 g/mol. The van der Waals surface area contributed by atoms with Crippen molar-refractivity contribution in [2.24, 2.45) is 5.73 Å². The Morgan fingerprint density at radius 2 is 2.12 bits per heavy atom. The summed E-state index contributed by atoms with van der Waals surface area (Å²) in [4.78, 5) is 22.7. The normalized spacial score (nSPS) is 15.0. The number of rotatable bonds is 7. The predicted molar refractivity (Wildman–Crippen MR) is 97.1 cm³/mol. The molecule has 138 valence electrons. The minimum absolute atomic E-state index is 0.00926. The number of ether oxygens (including phenoxy) is 2. The third kappa shape index (κ3) is 5.00. The molecule has 1 aliphatic heterocycles. The van der Waals surface area contributed by atoms with Crippen molar-refractivity contribution in [3.05, 3.63) is 48.4 Å². The Hall–Kier alpha value is -2.51. The molecule has 1 aliphatic rings. The van der Waals surface area contributed by atoms with E-state index in [1.165, 1.54) is 6.20 Å². The van der Waals surface area contributed by atoms with Crippen LogP contribution in [0.25, 0.3) is 0 Å². The lowest BCUT2D eigenvalue weighted by Crippen LogP contribution is -2.41. The summed E-state index contributed by atoms with van der Waals surface area (Å²) in [6, 6.07) is 7.14. The van der Waals surface area contributed by atoms with Crippen LogP contribution < -0.4 is 10.5 Å². The Balaban J connectivity index is 1.56. The second-order valence-corrected chi connectivity index (χ2v) is 6.18. The van der Waals surface area contributed by atoms with Crippen LogP contribution in [0, 0.1) is 0 Å². The first-order chi connectivity index (χ1) is 12.8. The number of carbonyl (C=O) groups excluding carboxylic acids is 1. The number of hydrogen-bond donors (Lipinski definition) is 1. The fourth-order valence-electron chi connectivity index (χ4n) is 2.89. The molecule has 1 aromatic heterocycles. The SMILES string of the molecule is NCCCOC1CCN(C(=O)c2cccc(Oc3cnccn3)c2)CC1. The first-order valence-corrected chi connectivity index (χ1v) is 8.91. The summed E-state index contributed by atoms with van der Waals surface area (Å²) in [6.07, 6.45) is 7.47. The summed E-state index contributed by atoms with van der Waals surface area (Å²) in [6.45, 7) is 2.73. The molecule has 0 radical (unpaired) electrons. The van der Waals surface area contributed by atoms with E-state index < -0.39 is 0 Å². The molecule has 2 N–H and O–H groups in total. The van der Waals surface area contributed by atoms with E-state index in [0.29, 0.717) is 43.4 Å². The highest BCUT2D eigenvalue weighted by molar-refractivity contribution is 5.94. The van der Waals surface area contributed by atoms with Gasteiger partial charge in [-0.15, -0.1) is 0 Å². The summed E-state index contributed by atoms with van der Waals surface area (Å²) >= 11 is 0. The lowest BCUT2D eigenvalue weighted by Gasteiger charge is -2.32. The van der Waals surface area contributed by atoms with Crippen LogP contribution in [-0.2, 0) is 4.74 Å². The van der Waals surface area contributed by atoms with Crippen LogP contribution in [0.15, 0.2) is 42.9 Å². The number of benzene rings is 1. The van der Waals surface area contributed by atoms with Crippen LogP contribution in [0.2, 0.25) is 0 Å². The molecular formula is C19H24N4O3. The van der Waals surface area contributed by atoms with E-state index in [9.17, 15) is 4.79 Å². The van der Waals surface area contributed by atoms with Gasteiger partial charge in [0, 0.05) is 37.7 Å². The largest absolute Gasteiger partial charge is 0.437 e. The van der Waals surface area contributed by atoms with Crippen molar-refractivity contribution in [3.8, 4) is 11.6 Å². The first kappa shape index (κ1) is 18.3. The van der Waals surface area contributed by atoms with Crippen LogP contribution in [0.5, 0.6) is 11.6 Å². The molecule has 0 aliphatic carbocycles. The Kier molecular flexibility index (Phi) is 6.51. The summed E-state index contributed by atoms with van der Waals surface area (Å²) in [5.74, 6) is 0.971. The quantitative estimate of drug-likeness (QED) is 0.765. The molecule has 7 nitrogen and oxygen atoms in total. The van der Waals surface area contributed by atoms with Gasteiger partial charge in [-0.2, -0.15) is 0 Å². The Morgan fingerprint density at radius 3 is 2.85 bits per heavy atom. The average molecular weight is 356 g/mol. The minimum Gasteiger partial charge on any atom is -0.437 e. The molecule has 1 saturated heterocycles. The van der Waals surface area contributed by atoms with Gasteiger partial charge in [0.25, 0.3) is 5.91 Å². The molecule has 26 heavy (non-hydrogen) atoms. The highest BCUT2D eigenvalue weighted by Crippen LogP contribution is 2.22. The van der Waals surface area contributed by atoms with E-state index in [2.05, 4.69) is 9.97 Å². The number of amides is 1. The third-order valence-corrected chi connectivity index (χ3v) is 4.27. The molecule has 2 heterocycles. The topological polar surface area (TPSA) is 90.6 Å². The third-order valence-electron chi connectivity index (χ3n) is 4.27. The predicted octanol–water partition coefficient (Wildman–Crippen LogP) is 2.24. The highest BCUT2D eigenvalue weighted by Gasteiger charge is 2.24. The summed E-state index contributed by atoms with van der Waals surface area (Å²) < 4.78 is 11.4. The van der Waals surface area contributed by atoms with Gasteiger partial charge in [-0.25, -0.2) is 4.98 Å². The maximum absolute atomic E-state index is 12.8. The first-order valence-electron chi connectivity index (χ1n) is 8.91. The van der Waals surface area contributed by atoms with Crippen molar-refractivity contribution in [1.29, 1.82) is 0 Å². The fraction of sp³-hybridized carbons (Fsp3) is 0.421. The standard InChI is InChI=1S/C19H24N4O3/c20-7-2-12-25-16-5-10-23(11-6-16)19(24)15-3-1-4-17(13-15)26-18-14-21-8-9-22-18/h1,3-4,8-9,13-14,16H,2,5-7,10-12,20H2. The van der Waals surface area contributed by atoms with Gasteiger partial charge in [-0.1, -0.05) is 6.07 Å². The van der Waals surface area contributed by atoms with Crippen molar-refractivity contribution in [3.63, 3.8) is 0 Å². The zero-order valence-corrected chi connectivity index (χ0v) is 14.7. The van der Waals surface area contributed by atoms with Gasteiger partial charge in [0.1, 0.15) is 5.75 Å². The molecule has 0 spiro atoms. The van der Waals surface area contributed by atoms with E-state index in [-0.39, 0.29) is 12.0 Å². The zero-order chi connectivity index (χ0) is 18.2. The maximum Gasteiger partial charge on any atom is 0.253 e. The van der Waals surface area contributed by atoms with Gasteiger partial charge in [0.2, 0.25) is 5.88 Å². The Morgan fingerprint density at radius 1 is 1.27 bits per heavy atom. The van der Waals surface area contributed by atoms with Gasteiger partial charge in [0.15, 0.2) is 0 Å². The van der Waals surface area contributed by atoms with Crippen molar-refractivity contribution in [1.82, 2.24) is 14.9 Å². The van der Waals surface area contributed by atoms with E-state index in [1.54, 1.807) is 30.6 Å². The number of nitrogens with zero attached hydrogens (tertiary/aromatic N) is 3. The van der Waals surface area contributed by atoms with Crippen LogP contribution in [-0.4, -0.2) is 53.1 Å². The molecule has 2 aromatic rings. The number of nitrogens with two attached hydrogens (primary N) is 1. The molecule has 7 heteroatoms. The average Bonchev–Trinajstić information content (AvgIpc) is 2.69. The lowest BCUT2D eigenvalue weighted by atomic mass is 10.1. The molecule has 1 aromatic carbocycles. The lowest BCUT2D eigenvalue weighted by molar-refractivity contribution is 0.00844. The molecule has 0 unspecified atom stereocenters. The van der Waals surface area contributed by atoms with Gasteiger partial charge in [-0.3, -0.25) is 9.78 Å². The smallest absolute Gasteiger partial charge is 0.253 e.